The Bertz CT molecular complexity index is 1070. The van der Waals surface area contributed by atoms with Crippen LogP contribution >= 0.6 is 11.6 Å². The maximum absolute atomic E-state index is 12.5. The van der Waals surface area contributed by atoms with Gasteiger partial charge in [-0.25, -0.2) is 5.01 Å². The van der Waals surface area contributed by atoms with Crippen molar-refractivity contribution in [3.8, 4) is 11.5 Å². The molecule has 0 radical (unpaired) electrons. The van der Waals surface area contributed by atoms with Gasteiger partial charge >= 0.3 is 0 Å². The number of carbonyl (C=O) groups is 2. The Hall–Kier alpha value is -3.25. The van der Waals surface area contributed by atoms with Crippen LogP contribution in [0.4, 0.5) is 0 Å². The first-order chi connectivity index (χ1) is 13.0. The van der Waals surface area contributed by atoms with Crippen LogP contribution in [0.2, 0.25) is 0 Å². The number of halogens is 1. The Balaban J connectivity index is 1.71. The van der Waals surface area contributed by atoms with E-state index in [-0.39, 0.29) is 17.1 Å². The maximum Gasteiger partial charge on any atom is 0.273 e. The summed E-state index contributed by atoms with van der Waals surface area (Å²) in [7, 11) is 0. The maximum atomic E-state index is 12.5. The summed E-state index contributed by atoms with van der Waals surface area (Å²) in [5, 5.41) is 22.0. The highest BCUT2D eigenvalue weighted by molar-refractivity contribution is 6.34. The number of β-lactam (4-membered cyclic amide) rings is 1. The standard InChI is InChI=1S/C20H15ClN2O4/c21-17-18(16-12-6-2-1-5-11(12)9-10-15(16)25)23(20(17)27)22-19(26)13-7-3-4-8-14(13)24/h1-10,17-18,24-25H,(H,22,26)/t17-,18-/m1/s1. The number of rotatable bonds is 3. The fourth-order valence-corrected chi connectivity index (χ4v) is 3.63. The molecule has 3 aromatic carbocycles. The smallest absolute Gasteiger partial charge is 0.273 e. The van der Waals surface area contributed by atoms with Crippen LogP contribution in [0.1, 0.15) is 22.0 Å². The molecule has 1 heterocycles. The molecule has 136 valence electrons. The van der Waals surface area contributed by atoms with Crippen molar-refractivity contribution in [1.29, 1.82) is 0 Å². The number of amides is 2. The molecule has 2 amide bonds. The summed E-state index contributed by atoms with van der Waals surface area (Å²) in [4.78, 5) is 24.8. The van der Waals surface area contributed by atoms with Gasteiger partial charge in [-0.1, -0.05) is 42.5 Å². The Labute approximate surface area is 159 Å². The summed E-state index contributed by atoms with van der Waals surface area (Å²) < 4.78 is 0. The number of phenols is 2. The average Bonchev–Trinajstić information content (AvgIpc) is 2.69. The van der Waals surface area contributed by atoms with Crippen molar-refractivity contribution in [2.45, 2.75) is 11.4 Å². The van der Waals surface area contributed by atoms with Crippen LogP contribution in [0.25, 0.3) is 10.8 Å². The highest BCUT2D eigenvalue weighted by atomic mass is 35.5. The summed E-state index contributed by atoms with van der Waals surface area (Å²) >= 11 is 6.22. The van der Waals surface area contributed by atoms with Gasteiger partial charge in [0.15, 0.2) is 0 Å². The fourth-order valence-electron chi connectivity index (χ4n) is 3.28. The lowest BCUT2D eigenvalue weighted by Crippen LogP contribution is -2.63. The van der Waals surface area contributed by atoms with Crippen molar-refractivity contribution in [1.82, 2.24) is 10.4 Å². The number of benzene rings is 3. The highest BCUT2D eigenvalue weighted by Gasteiger charge is 2.50. The second-order valence-corrected chi connectivity index (χ2v) is 6.70. The first kappa shape index (κ1) is 17.2. The van der Waals surface area contributed by atoms with Gasteiger partial charge in [0.1, 0.15) is 22.9 Å². The third-order valence-electron chi connectivity index (χ3n) is 4.64. The van der Waals surface area contributed by atoms with Gasteiger partial charge in [0, 0.05) is 5.56 Å². The van der Waals surface area contributed by atoms with E-state index in [9.17, 15) is 19.8 Å². The number of hydrogen-bond acceptors (Lipinski definition) is 4. The van der Waals surface area contributed by atoms with Crippen molar-refractivity contribution < 1.29 is 19.8 Å². The minimum atomic E-state index is -0.925. The van der Waals surface area contributed by atoms with Crippen LogP contribution < -0.4 is 5.43 Å². The second kappa shape index (κ2) is 6.48. The number of alkyl halides is 1. The minimum Gasteiger partial charge on any atom is -0.508 e. The molecule has 3 aromatic rings. The molecule has 0 unspecified atom stereocenters. The van der Waals surface area contributed by atoms with E-state index in [0.29, 0.717) is 5.56 Å². The molecule has 0 bridgehead atoms. The number of hydrogen-bond donors (Lipinski definition) is 3. The third-order valence-corrected chi connectivity index (χ3v) is 5.07. The quantitative estimate of drug-likeness (QED) is 0.479. The molecule has 7 heteroatoms. The SMILES string of the molecule is O=C(NN1C(=O)[C@H](Cl)[C@H]1c1c(O)ccc2ccccc12)c1ccccc1O. The molecule has 0 spiro atoms. The number of aromatic hydroxyl groups is 2. The molecule has 4 rings (SSSR count). The van der Waals surface area contributed by atoms with Crippen LogP contribution in [-0.2, 0) is 4.79 Å². The van der Waals surface area contributed by atoms with Crippen molar-refractivity contribution >= 4 is 34.2 Å². The summed E-state index contributed by atoms with van der Waals surface area (Å²) in [6.45, 7) is 0. The van der Waals surface area contributed by atoms with Gasteiger partial charge in [-0.2, -0.15) is 0 Å². The third kappa shape index (κ3) is 2.74. The summed E-state index contributed by atoms with van der Waals surface area (Å²) in [5.74, 6) is -1.35. The topological polar surface area (TPSA) is 89.9 Å². The van der Waals surface area contributed by atoms with E-state index >= 15 is 0 Å². The largest absolute Gasteiger partial charge is 0.508 e. The van der Waals surface area contributed by atoms with Crippen molar-refractivity contribution in [2.75, 3.05) is 0 Å². The lowest BCUT2D eigenvalue weighted by Gasteiger charge is -2.44. The zero-order valence-electron chi connectivity index (χ0n) is 14.0. The molecule has 1 aliphatic rings. The van der Waals surface area contributed by atoms with Crippen molar-refractivity contribution in [3.05, 3.63) is 71.8 Å². The molecular weight excluding hydrogens is 368 g/mol. The Morgan fingerprint density at radius 2 is 1.67 bits per heavy atom. The normalized spacial score (nSPS) is 19.0. The van der Waals surface area contributed by atoms with Gasteiger partial charge in [-0.05, 0) is 29.0 Å². The summed E-state index contributed by atoms with van der Waals surface area (Å²) in [6, 6.07) is 16.0. The summed E-state index contributed by atoms with van der Waals surface area (Å²) in [5.41, 5.74) is 2.98. The van der Waals surface area contributed by atoms with Gasteiger partial charge in [0.2, 0.25) is 0 Å². The van der Waals surface area contributed by atoms with Crippen LogP contribution in [0.5, 0.6) is 11.5 Å². The number of nitrogens with one attached hydrogen (secondary N) is 1. The van der Waals surface area contributed by atoms with E-state index in [2.05, 4.69) is 5.43 Å². The molecule has 0 aromatic heterocycles. The first-order valence-corrected chi connectivity index (χ1v) is 8.69. The molecule has 6 nitrogen and oxygen atoms in total. The first-order valence-electron chi connectivity index (χ1n) is 8.26. The van der Waals surface area contributed by atoms with E-state index < -0.39 is 23.2 Å². The molecular formula is C20H15ClN2O4. The van der Waals surface area contributed by atoms with E-state index in [1.54, 1.807) is 18.2 Å². The van der Waals surface area contributed by atoms with E-state index in [1.165, 1.54) is 18.2 Å². The second-order valence-electron chi connectivity index (χ2n) is 6.23. The van der Waals surface area contributed by atoms with Crippen LogP contribution in [0, 0.1) is 0 Å². The number of nitrogens with zero attached hydrogens (tertiary/aromatic N) is 1. The molecule has 0 aliphatic carbocycles. The van der Waals surface area contributed by atoms with Crippen LogP contribution in [0.15, 0.2) is 60.7 Å². The van der Waals surface area contributed by atoms with E-state index in [1.807, 2.05) is 24.3 Å². The summed E-state index contributed by atoms with van der Waals surface area (Å²) in [6.07, 6.45) is 0. The predicted octanol–water partition coefficient (Wildman–Crippen LogP) is 3.09. The van der Waals surface area contributed by atoms with Crippen LogP contribution in [-0.4, -0.2) is 32.4 Å². The van der Waals surface area contributed by atoms with Gasteiger partial charge in [0.05, 0.1) is 5.56 Å². The zero-order valence-corrected chi connectivity index (χ0v) is 14.7. The minimum absolute atomic E-state index is 0.0151. The molecule has 0 saturated carbocycles. The lowest BCUT2D eigenvalue weighted by molar-refractivity contribution is -0.149. The van der Waals surface area contributed by atoms with Gasteiger partial charge in [-0.3, -0.25) is 15.0 Å². The fraction of sp³-hybridized carbons (Fsp3) is 0.100. The Morgan fingerprint density at radius 1 is 0.963 bits per heavy atom. The molecule has 27 heavy (non-hydrogen) atoms. The van der Waals surface area contributed by atoms with Crippen LogP contribution in [0.3, 0.4) is 0 Å². The lowest BCUT2D eigenvalue weighted by atomic mass is 9.90. The number of fused-ring (bicyclic) bond motifs is 1. The van der Waals surface area contributed by atoms with E-state index in [0.717, 1.165) is 15.8 Å². The molecule has 1 saturated heterocycles. The van der Waals surface area contributed by atoms with Gasteiger partial charge < -0.3 is 10.2 Å². The monoisotopic (exact) mass is 382 g/mol. The highest BCUT2D eigenvalue weighted by Crippen LogP contribution is 2.44. The number of phenolic OH excluding ortho intramolecular Hbond substituents is 2. The zero-order chi connectivity index (χ0) is 19.1. The van der Waals surface area contributed by atoms with E-state index in [4.69, 9.17) is 11.6 Å². The number of para-hydroxylation sites is 1. The van der Waals surface area contributed by atoms with Gasteiger partial charge in [0.25, 0.3) is 11.8 Å². The van der Waals surface area contributed by atoms with Crippen molar-refractivity contribution in [3.63, 3.8) is 0 Å². The Kier molecular flexibility index (Phi) is 4.12. The van der Waals surface area contributed by atoms with Crippen molar-refractivity contribution in [2.24, 2.45) is 0 Å². The number of hydrazine groups is 1. The number of carbonyl (C=O) groups excluding carboxylic acids is 2. The predicted molar refractivity (Wildman–Crippen MR) is 100 cm³/mol. The Morgan fingerprint density at radius 3 is 2.44 bits per heavy atom. The average molecular weight is 383 g/mol. The molecule has 1 fully saturated rings. The molecule has 2 atom stereocenters. The molecule has 1 aliphatic heterocycles. The van der Waals surface area contributed by atoms with Gasteiger partial charge in [-0.15, -0.1) is 11.6 Å². The molecule has 3 N–H and O–H groups in total.